The molecule has 0 saturated carbocycles. The largest absolute Gasteiger partial charge is 0.417 e. The van der Waals surface area contributed by atoms with E-state index in [1.807, 2.05) is 0 Å². The van der Waals surface area contributed by atoms with Crippen LogP contribution in [0.2, 0.25) is 0 Å². The van der Waals surface area contributed by atoms with E-state index >= 15 is 0 Å². The average Bonchev–Trinajstić information content (AvgIpc) is 2.99. The molecule has 6 heteroatoms. The minimum absolute atomic E-state index is 0.00861. The van der Waals surface area contributed by atoms with Gasteiger partial charge in [-0.2, -0.15) is 13.2 Å². The van der Waals surface area contributed by atoms with Crippen molar-refractivity contribution in [3.8, 4) is 11.1 Å². The van der Waals surface area contributed by atoms with Gasteiger partial charge in [-0.05, 0) is 53.9 Å². The van der Waals surface area contributed by atoms with Crippen LogP contribution in [0.25, 0.3) is 11.1 Å². The van der Waals surface area contributed by atoms with Crippen LogP contribution in [0.15, 0.2) is 36.4 Å². The fourth-order valence-corrected chi connectivity index (χ4v) is 3.17. The number of nitrogens with one attached hydrogen (secondary N) is 1. The Hall–Kier alpha value is -2.08. The summed E-state index contributed by atoms with van der Waals surface area (Å²) in [7, 11) is 0. The van der Waals surface area contributed by atoms with Crippen molar-refractivity contribution in [3.63, 3.8) is 0 Å². The number of nitrogens with two attached hydrogens (primary N) is 1. The molecule has 0 bridgehead atoms. The van der Waals surface area contributed by atoms with Crippen molar-refractivity contribution < 1.29 is 17.6 Å². The van der Waals surface area contributed by atoms with E-state index in [1.165, 1.54) is 24.3 Å². The number of rotatable bonds is 2. The monoisotopic (exact) mass is 324 g/mol. The quantitative estimate of drug-likeness (QED) is 0.643. The highest BCUT2D eigenvalue weighted by Gasteiger charge is 2.37. The highest BCUT2D eigenvalue weighted by atomic mass is 19.4. The van der Waals surface area contributed by atoms with Gasteiger partial charge in [0.2, 0.25) is 0 Å². The van der Waals surface area contributed by atoms with Crippen LogP contribution in [0, 0.1) is 5.82 Å². The molecule has 122 valence electrons. The molecule has 3 N–H and O–H groups in total. The number of halogens is 4. The average molecular weight is 324 g/mol. The predicted molar refractivity (Wildman–Crippen MR) is 81.5 cm³/mol. The molecule has 0 amide bonds. The molecule has 0 radical (unpaired) electrons. The molecular weight excluding hydrogens is 308 g/mol. The molecule has 0 aromatic heterocycles. The van der Waals surface area contributed by atoms with E-state index in [-0.39, 0.29) is 17.0 Å². The molecule has 2 aromatic rings. The van der Waals surface area contributed by atoms with Crippen LogP contribution in [-0.4, -0.2) is 13.1 Å². The summed E-state index contributed by atoms with van der Waals surface area (Å²) in [5.74, 6) is -0.691. The van der Waals surface area contributed by atoms with E-state index in [1.54, 1.807) is 0 Å². The molecule has 0 spiro atoms. The predicted octanol–water partition coefficient (Wildman–Crippen LogP) is 4.17. The summed E-state index contributed by atoms with van der Waals surface area (Å²) in [5.41, 5.74) is 6.18. The van der Waals surface area contributed by atoms with Gasteiger partial charge in [0.1, 0.15) is 5.82 Å². The van der Waals surface area contributed by atoms with E-state index in [2.05, 4.69) is 5.32 Å². The number of benzene rings is 2. The van der Waals surface area contributed by atoms with Gasteiger partial charge < -0.3 is 11.1 Å². The second-order valence-electron chi connectivity index (χ2n) is 5.69. The van der Waals surface area contributed by atoms with Gasteiger partial charge in [-0.25, -0.2) is 4.39 Å². The van der Waals surface area contributed by atoms with Gasteiger partial charge in [0.25, 0.3) is 0 Å². The normalized spacial score (nSPS) is 18.3. The Balaban J connectivity index is 2.30. The lowest BCUT2D eigenvalue weighted by Gasteiger charge is -2.22. The van der Waals surface area contributed by atoms with Gasteiger partial charge in [0.15, 0.2) is 0 Å². The van der Waals surface area contributed by atoms with E-state index in [0.717, 1.165) is 18.7 Å². The van der Waals surface area contributed by atoms with Crippen LogP contribution in [-0.2, 0) is 6.18 Å². The summed E-state index contributed by atoms with van der Waals surface area (Å²) in [6, 6.07) is 7.49. The maximum atomic E-state index is 13.6. The van der Waals surface area contributed by atoms with Crippen LogP contribution in [0.1, 0.15) is 23.5 Å². The zero-order chi connectivity index (χ0) is 16.6. The molecule has 2 aromatic carbocycles. The minimum Gasteiger partial charge on any atom is -0.398 e. The zero-order valence-electron chi connectivity index (χ0n) is 12.3. The van der Waals surface area contributed by atoms with Gasteiger partial charge in [0, 0.05) is 18.2 Å². The lowest BCUT2D eigenvalue weighted by Crippen LogP contribution is -2.14. The Bertz CT molecular complexity index is 719. The van der Waals surface area contributed by atoms with E-state index in [9.17, 15) is 17.6 Å². The minimum atomic E-state index is -4.53. The topological polar surface area (TPSA) is 38.0 Å². The maximum absolute atomic E-state index is 13.6. The standard InChI is InChI=1S/C17H16F4N2/c18-12-3-1-2-10(8-12)15-13(17(19,20)21)4-5-14(22)16(15)11-6-7-23-9-11/h1-5,8,11,23H,6-7,9,22H2/t11-/m1/s1. The summed E-state index contributed by atoms with van der Waals surface area (Å²) in [5, 5.41) is 3.14. The van der Waals surface area contributed by atoms with Gasteiger partial charge in [-0.15, -0.1) is 0 Å². The number of nitrogen functional groups attached to an aromatic ring is 1. The van der Waals surface area contributed by atoms with Crippen LogP contribution in [0.5, 0.6) is 0 Å². The van der Waals surface area contributed by atoms with Crippen LogP contribution in [0.3, 0.4) is 0 Å². The van der Waals surface area contributed by atoms with Crippen molar-refractivity contribution >= 4 is 5.69 Å². The molecule has 0 unspecified atom stereocenters. The second kappa shape index (κ2) is 5.85. The maximum Gasteiger partial charge on any atom is 0.417 e. The van der Waals surface area contributed by atoms with E-state index < -0.39 is 17.6 Å². The molecule has 1 fully saturated rings. The molecule has 3 rings (SSSR count). The van der Waals surface area contributed by atoms with E-state index in [4.69, 9.17) is 5.73 Å². The lowest BCUT2D eigenvalue weighted by molar-refractivity contribution is -0.137. The van der Waals surface area contributed by atoms with Crippen molar-refractivity contribution in [2.45, 2.75) is 18.5 Å². The first-order valence-corrected chi connectivity index (χ1v) is 7.34. The Morgan fingerprint density at radius 3 is 2.52 bits per heavy atom. The van der Waals surface area contributed by atoms with E-state index in [0.29, 0.717) is 24.2 Å². The highest BCUT2D eigenvalue weighted by molar-refractivity contribution is 5.78. The summed E-state index contributed by atoms with van der Waals surface area (Å²) >= 11 is 0. The Morgan fingerprint density at radius 1 is 1.13 bits per heavy atom. The van der Waals surface area contributed by atoms with Gasteiger partial charge in [-0.1, -0.05) is 12.1 Å². The van der Waals surface area contributed by atoms with Gasteiger partial charge in [-0.3, -0.25) is 0 Å². The first-order valence-electron chi connectivity index (χ1n) is 7.34. The number of alkyl halides is 3. The molecule has 1 aliphatic heterocycles. The zero-order valence-corrected chi connectivity index (χ0v) is 12.3. The molecule has 1 aliphatic rings. The molecule has 23 heavy (non-hydrogen) atoms. The van der Waals surface area contributed by atoms with Crippen molar-refractivity contribution in [2.75, 3.05) is 18.8 Å². The molecule has 2 nitrogen and oxygen atoms in total. The Morgan fingerprint density at radius 2 is 1.91 bits per heavy atom. The number of hydrogen-bond donors (Lipinski definition) is 2. The third-order valence-electron chi connectivity index (χ3n) is 4.17. The lowest BCUT2D eigenvalue weighted by atomic mass is 9.85. The highest BCUT2D eigenvalue weighted by Crippen LogP contribution is 2.44. The molecular formula is C17H16F4N2. The summed E-state index contributed by atoms with van der Waals surface area (Å²) in [4.78, 5) is 0. The van der Waals surface area contributed by atoms with Crippen molar-refractivity contribution in [2.24, 2.45) is 0 Å². The molecule has 1 atom stereocenters. The third kappa shape index (κ3) is 3.03. The first-order chi connectivity index (χ1) is 10.9. The first kappa shape index (κ1) is 15.8. The van der Waals surface area contributed by atoms with Gasteiger partial charge in [0.05, 0.1) is 5.56 Å². The summed E-state index contributed by atoms with van der Waals surface area (Å²) in [6.07, 6.45) is -3.83. The number of anilines is 1. The smallest absolute Gasteiger partial charge is 0.398 e. The molecule has 1 saturated heterocycles. The summed E-state index contributed by atoms with van der Waals surface area (Å²) in [6.45, 7) is 1.29. The van der Waals surface area contributed by atoms with Crippen molar-refractivity contribution in [3.05, 3.63) is 53.3 Å². The molecule has 1 heterocycles. The fourth-order valence-electron chi connectivity index (χ4n) is 3.17. The Kier molecular flexibility index (Phi) is 4.02. The van der Waals surface area contributed by atoms with Crippen LogP contribution in [0.4, 0.5) is 23.2 Å². The van der Waals surface area contributed by atoms with Crippen LogP contribution < -0.4 is 11.1 Å². The second-order valence-corrected chi connectivity index (χ2v) is 5.69. The van der Waals surface area contributed by atoms with Gasteiger partial charge >= 0.3 is 6.18 Å². The Labute approximate surface area is 131 Å². The third-order valence-corrected chi connectivity index (χ3v) is 4.17. The number of hydrogen-bond acceptors (Lipinski definition) is 2. The van der Waals surface area contributed by atoms with Crippen LogP contribution >= 0.6 is 0 Å². The van der Waals surface area contributed by atoms with Crippen molar-refractivity contribution in [1.29, 1.82) is 0 Å². The SMILES string of the molecule is Nc1ccc(C(F)(F)F)c(-c2cccc(F)c2)c1[C@@H]1CCNC1. The molecule has 0 aliphatic carbocycles. The summed E-state index contributed by atoms with van der Waals surface area (Å²) < 4.78 is 54.0. The fraction of sp³-hybridized carbons (Fsp3) is 0.294. The van der Waals surface area contributed by atoms with Crippen molar-refractivity contribution in [1.82, 2.24) is 5.32 Å².